The molecule has 0 aromatic heterocycles. The van der Waals surface area contributed by atoms with Crippen LogP contribution in [-0.2, 0) is 4.79 Å². The van der Waals surface area contributed by atoms with Gasteiger partial charge in [-0.3, -0.25) is 4.79 Å². The molecule has 1 nitrogen and oxygen atoms in total. The molecule has 0 N–H and O–H groups in total. The van der Waals surface area contributed by atoms with E-state index in [0.29, 0.717) is 17.6 Å². The van der Waals surface area contributed by atoms with Crippen molar-refractivity contribution in [3.05, 3.63) is 23.8 Å². The van der Waals surface area contributed by atoms with Gasteiger partial charge in [-0.15, -0.1) is 0 Å². The highest BCUT2D eigenvalue weighted by atomic mass is 16.1. The molecule has 0 aromatic carbocycles. The summed E-state index contributed by atoms with van der Waals surface area (Å²) in [4.78, 5) is 12.3. The molecular weight excluding hydrogens is 196 g/mol. The third-order valence-corrected chi connectivity index (χ3v) is 4.73. The van der Waals surface area contributed by atoms with Crippen LogP contribution in [0.3, 0.4) is 0 Å². The lowest BCUT2D eigenvalue weighted by molar-refractivity contribution is -0.135. The van der Waals surface area contributed by atoms with Crippen molar-refractivity contribution < 1.29 is 4.79 Å². The summed E-state index contributed by atoms with van der Waals surface area (Å²) in [6.45, 7) is 10.4. The van der Waals surface area contributed by atoms with Gasteiger partial charge in [0.25, 0.3) is 0 Å². The molecule has 0 amide bonds. The number of Topliss-reactive ketones (excluding diaryl/α,β-unsaturated/α-hetero) is 1. The molecule has 0 aromatic rings. The van der Waals surface area contributed by atoms with Gasteiger partial charge < -0.3 is 0 Å². The molecule has 2 aliphatic rings. The molecule has 0 heterocycles. The fourth-order valence-corrected chi connectivity index (χ4v) is 3.40. The summed E-state index contributed by atoms with van der Waals surface area (Å²) in [6, 6.07) is 0. The Morgan fingerprint density at radius 1 is 1.56 bits per heavy atom. The Morgan fingerprint density at radius 2 is 2.25 bits per heavy atom. The fourth-order valence-electron chi connectivity index (χ4n) is 3.40. The first-order valence-electron chi connectivity index (χ1n) is 6.30. The lowest BCUT2D eigenvalue weighted by Crippen LogP contribution is -2.44. The smallest absolute Gasteiger partial charge is 0.139 e. The van der Waals surface area contributed by atoms with E-state index in [1.807, 2.05) is 0 Å². The Balaban J connectivity index is 2.32. The molecule has 1 saturated carbocycles. The van der Waals surface area contributed by atoms with Gasteiger partial charge in [0.05, 0.1) is 0 Å². The number of hydrogen-bond acceptors (Lipinski definition) is 1. The van der Waals surface area contributed by atoms with E-state index in [4.69, 9.17) is 0 Å². The molecule has 3 atom stereocenters. The van der Waals surface area contributed by atoms with Crippen molar-refractivity contribution in [3.8, 4) is 0 Å². The van der Waals surface area contributed by atoms with Crippen LogP contribution in [0.1, 0.15) is 46.5 Å². The average molecular weight is 218 g/mol. The first kappa shape index (κ1) is 11.6. The van der Waals surface area contributed by atoms with E-state index < -0.39 is 0 Å². The molecule has 1 unspecified atom stereocenters. The van der Waals surface area contributed by atoms with Gasteiger partial charge in [0.15, 0.2) is 0 Å². The monoisotopic (exact) mass is 218 g/mol. The highest BCUT2D eigenvalue weighted by Gasteiger charge is 2.47. The SMILES string of the molecule is C=C(C)[C@@H]1CC(=O)[C@@]2(C)CCC=C(C)C2C1. The number of hydrogen-bond donors (Lipinski definition) is 0. The van der Waals surface area contributed by atoms with Crippen LogP contribution in [0.15, 0.2) is 23.8 Å². The molecule has 1 heteroatoms. The van der Waals surface area contributed by atoms with Gasteiger partial charge in [-0.25, -0.2) is 0 Å². The van der Waals surface area contributed by atoms with Gasteiger partial charge in [-0.05, 0) is 44.9 Å². The molecule has 0 radical (unpaired) electrons. The molecular formula is C15H22O. The largest absolute Gasteiger partial charge is 0.299 e. The minimum Gasteiger partial charge on any atom is -0.299 e. The minimum atomic E-state index is -0.0786. The van der Waals surface area contributed by atoms with Crippen LogP contribution in [0, 0.1) is 17.3 Å². The summed E-state index contributed by atoms with van der Waals surface area (Å²) in [7, 11) is 0. The molecule has 2 aliphatic carbocycles. The number of fused-ring (bicyclic) bond motifs is 1. The van der Waals surface area contributed by atoms with Crippen molar-refractivity contribution in [2.45, 2.75) is 46.5 Å². The lowest BCUT2D eigenvalue weighted by Gasteiger charge is -2.46. The topological polar surface area (TPSA) is 17.1 Å². The summed E-state index contributed by atoms with van der Waals surface area (Å²) in [5.41, 5.74) is 2.52. The second-order valence-electron chi connectivity index (χ2n) is 5.86. The maximum atomic E-state index is 12.3. The number of rotatable bonds is 1. The molecule has 0 saturated heterocycles. The molecule has 0 spiro atoms. The molecule has 1 fully saturated rings. The molecule has 2 rings (SSSR count). The maximum Gasteiger partial charge on any atom is 0.139 e. The van der Waals surface area contributed by atoms with Crippen molar-refractivity contribution in [3.63, 3.8) is 0 Å². The van der Waals surface area contributed by atoms with Gasteiger partial charge >= 0.3 is 0 Å². The van der Waals surface area contributed by atoms with E-state index >= 15 is 0 Å². The van der Waals surface area contributed by atoms with E-state index in [-0.39, 0.29) is 5.41 Å². The third kappa shape index (κ3) is 1.66. The van der Waals surface area contributed by atoms with Crippen molar-refractivity contribution in [2.24, 2.45) is 17.3 Å². The second kappa shape index (κ2) is 3.87. The Morgan fingerprint density at radius 3 is 2.88 bits per heavy atom. The Hall–Kier alpha value is -0.850. The van der Waals surface area contributed by atoms with E-state index in [9.17, 15) is 4.79 Å². The van der Waals surface area contributed by atoms with Gasteiger partial charge in [0, 0.05) is 11.8 Å². The summed E-state index contributed by atoms with van der Waals surface area (Å²) < 4.78 is 0. The quantitative estimate of drug-likeness (QED) is 0.610. The van der Waals surface area contributed by atoms with Gasteiger partial charge in [0.2, 0.25) is 0 Å². The van der Waals surface area contributed by atoms with E-state index in [1.165, 1.54) is 11.1 Å². The number of carbonyl (C=O) groups excluding carboxylic acids is 1. The lowest BCUT2D eigenvalue weighted by atomic mass is 9.57. The van der Waals surface area contributed by atoms with E-state index in [2.05, 4.69) is 33.4 Å². The molecule has 0 aliphatic heterocycles. The number of ketones is 1. The van der Waals surface area contributed by atoms with Crippen LogP contribution >= 0.6 is 0 Å². The predicted molar refractivity (Wildman–Crippen MR) is 67.1 cm³/mol. The standard InChI is InChI=1S/C15H22O/c1-10(2)12-8-13-11(3)6-5-7-15(13,4)14(16)9-12/h6,12-13H,1,5,7-9H2,2-4H3/t12-,13?,15-/m0/s1. The van der Waals surface area contributed by atoms with Crippen LogP contribution in [0.4, 0.5) is 0 Å². The van der Waals surface area contributed by atoms with E-state index in [1.54, 1.807) is 0 Å². The summed E-state index contributed by atoms with van der Waals surface area (Å²) in [5, 5.41) is 0. The second-order valence-corrected chi connectivity index (χ2v) is 5.86. The fraction of sp³-hybridized carbons (Fsp3) is 0.667. The zero-order valence-corrected chi connectivity index (χ0v) is 10.7. The van der Waals surface area contributed by atoms with Crippen molar-refractivity contribution >= 4 is 5.78 Å². The Kier molecular flexibility index (Phi) is 2.81. The normalized spacial score (nSPS) is 38.9. The maximum absolute atomic E-state index is 12.3. The first-order chi connectivity index (χ1) is 7.45. The van der Waals surface area contributed by atoms with Crippen LogP contribution in [0.25, 0.3) is 0 Å². The van der Waals surface area contributed by atoms with Crippen LogP contribution < -0.4 is 0 Å². The first-order valence-corrected chi connectivity index (χ1v) is 6.30. The van der Waals surface area contributed by atoms with Crippen molar-refractivity contribution in [2.75, 3.05) is 0 Å². The van der Waals surface area contributed by atoms with Crippen LogP contribution in [-0.4, -0.2) is 5.78 Å². The van der Waals surface area contributed by atoms with Crippen molar-refractivity contribution in [1.82, 2.24) is 0 Å². The molecule has 88 valence electrons. The van der Waals surface area contributed by atoms with Gasteiger partial charge in [-0.2, -0.15) is 0 Å². The number of allylic oxidation sites excluding steroid dienone is 3. The summed E-state index contributed by atoms with van der Waals surface area (Å²) >= 11 is 0. The van der Waals surface area contributed by atoms with Crippen LogP contribution in [0.5, 0.6) is 0 Å². The zero-order chi connectivity index (χ0) is 11.9. The summed E-state index contributed by atoms with van der Waals surface area (Å²) in [5.74, 6) is 1.33. The zero-order valence-electron chi connectivity index (χ0n) is 10.7. The highest BCUT2D eigenvalue weighted by molar-refractivity contribution is 5.86. The molecule has 0 bridgehead atoms. The Labute approximate surface area is 98.6 Å². The third-order valence-electron chi connectivity index (χ3n) is 4.73. The van der Waals surface area contributed by atoms with Gasteiger partial charge in [-0.1, -0.05) is 30.7 Å². The number of carbonyl (C=O) groups is 1. The molecule has 16 heavy (non-hydrogen) atoms. The highest BCUT2D eigenvalue weighted by Crippen LogP contribution is 2.50. The predicted octanol–water partition coefficient (Wildman–Crippen LogP) is 3.90. The minimum absolute atomic E-state index is 0.0786. The van der Waals surface area contributed by atoms with Gasteiger partial charge in [0.1, 0.15) is 5.78 Å². The average Bonchev–Trinajstić information content (AvgIpc) is 2.20. The Bertz CT molecular complexity index is 364. The van der Waals surface area contributed by atoms with Crippen LogP contribution in [0.2, 0.25) is 0 Å². The van der Waals surface area contributed by atoms with E-state index in [0.717, 1.165) is 25.7 Å². The summed E-state index contributed by atoms with van der Waals surface area (Å²) in [6.07, 6.45) is 6.27. The van der Waals surface area contributed by atoms with Crippen molar-refractivity contribution in [1.29, 1.82) is 0 Å².